The lowest BCUT2D eigenvalue weighted by atomic mass is 9.95. The smallest absolute Gasteiger partial charge is 0.180 e. The molecule has 286 valence electrons. The Morgan fingerprint density at radius 1 is 0.279 bits per heavy atom. The summed E-state index contributed by atoms with van der Waals surface area (Å²) >= 11 is 0. The van der Waals surface area contributed by atoms with Gasteiger partial charge in [0.25, 0.3) is 0 Å². The van der Waals surface area contributed by atoms with Gasteiger partial charge in [-0.05, 0) is 75.8 Å². The summed E-state index contributed by atoms with van der Waals surface area (Å²) in [5.41, 5.74) is 16.5. The zero-order chi connectivity index (χ0) is 40.5. The summed E-state index contributed by atoms with van der Waals surface area (Å²) in [5, 5.41) is 0.972. The van der Waals surface area contributed by atoms with Crippen LogP contribution >= 0.6 is 0 Å². The van der Waals surface area contributed by atoms with Crippen LogP contribution in [0.1, 0.15) is 0 Å². The number of rotatable bonds is 8. The van der Waals surface area contributed by atoms with Gasteiger partial charge in [-0.2, -0.15) is 0 Å². The van der Waals surface area contributed by atoms with Crippen LogP contribution in [0.4, 0.5) is 0 Å². The number of aromatic nitrogens is 4. The molecule has 5 heteroatoms. The fourth-order valence-corrected chi connectivity index (χ4v) is 8.03. The average molecular weight is 781 g/mol. The van der Waals surface area contributed by atoms with Gasteiger partial charge in [0, 0.05) is 33.2 Å². The van der Waals surface area contributed by atoms with Crippen molar-refractivity contribution in [3.05, 3.63) is 218 Å². The number of fused-ring (bicyclic) bond motifs is 3. The predicted octanol–water partition coefficient (Wildman–Crippen LogP) is 14.5. The Labute approximate surface area is 353 Å². The molecular formula is C56H36N4O. The molecule has 0 saturated heterocycles. The highest BCUT2D eigenvalue weighted by molar-refractivity contribution is 6.07. The number of benzene rings is 8. The molecule has 0 aliphatic heterocycles. The van der Waals surface area contributed by atoms with Gasteiger partial charge in [-0.15, -0.1) is 0 Å². The van der Waals surface area contributed by atoms with Gasteiger partial charge in [-0.25, -0.2) is 19.9 Å². The maximum Gasteiger partial charge on any atom is 0.180 e. The van der Waals surface area contributed by atoms with Crippen molar-refractivity contribution >= 4 is 22.1 Å². The van der Waals surface area contributed by atoms with Crippen LogP contribution in [0.15, 0.2) is 223 Å². The highest BCUT2D eigenvalue weighted by Crippen LogP contribution is 2.37. The van der Waals surface area contributed by atoms with Crippen molar-refractivity contribution in [1.82, 2.24) is 19.9 Å². The molecule has 11 rings (SSSR count). The third-order valence-corrected chi connectivity index (χ3v) is 11.1. The van der Waals surface area contributed by atoms with E-state index in [1.165, 1.54) is 0 Å². The van der Waals surface area contributed by atoms with Crippen LogP contribution in [0.5, 0.6) is 0 Å². The quantitative estimate of drug-likeness (QED) is 0.154. The maximum absolute atomic E-state index is 6.35. The Hall–Kier alpha value is -8.28. The van der Waals surface area contributed by atoms with Crippen LogP contribution in [0.25, 0.3) is 112 Å². The number of para-hydroxylation sites is 1. The first-order valence-electron chi connectivity index (χ1n) is 20.4. The average Bonchev–Trinajstić information content (AvgIpc) is 3.73. The topological polar surface area (TPSA) is 64.7 Å². The molecule has 3 aromatic heterocycles. The minimum Gasteiger partial charge on any atom is -0.452 e. The minimum absolute atomic E-state index is 0.653. The fraction of sp³-hybridized carbons (Fsp3) is 0. The van der Waals surface area contributed by atoms with Gasteiger partial charge < -0.3 is 4.42 Å². The number of furan rings is 1. The molecule has 0 unspecified atom stereocenters. The summed E-state index contributed by atoms with van der Waals surface area (Å²) in [7, 11) is 0. The van der Waals surface area contributed by atoms with E-state index in [-0.39, 0.29) is 0 Å². The van der Waals surface area contributed by atoms with Crippen LogP contribution in [-0.4, -0.2) is 19.9 Å². The summed E-state index contributed by atoms with van der Waals surface area (Å²) in [6.45, 7) is 0. The van der Waals surface area contributed by atoms with Crippen molar-refractivity contribution in [2.75, 3.05) is 0 Å². The van der Waals surface area contributed by atoms with E-state index in [2.05, 4.69) is 146 Å². The maximum atomic E-state index is 6.35. The molecule has 0 bridgehead atoms. The van der Waals surface area contributed by atoms with Gasteiger partial charge in [0.1, 0.15) is 16.8 Å². The summed E-state index contributed by atoms with van der Waals surface area (Å²) < 4.78 is 6.35. The Bertz CT molecular complexity index is 3300. The third kappa shape index (κ3) is 7.04. The van der Waals surface area contributed by atoms with Crippen molar-refractivity contribution in [1.29, 1.82) is 0 Å². The molecule has 0 N–H and O–H groups in total. The standard InChI is InChI=1S/C56H36N4O/c1-4-16-37(17-5-1)49-36-50(58-55(57-49)39-20-8-3-9-21-39)46-28-14-26-44(34-46)42-24-12-22-40(32-42)41-23-13-25-43(33-41)45-27-15-29-47(35-45)56-59-52(38-18-6-2-7-19-38)54-53(60-56)48-30-10-11-31-51(48)61-54/h1-36H. The first-order chi connectivity index (χ1) is 30.2. The van der Waals surface area contributed by atoms with E-state index in [9.17, 15) is 0 Å². The van der Waals surface area contributed by atoms with Crippen LogP contribution < -0.4 is 0 Å². The number of hydrogen-bond acceptors (Lipinski definition) is 5. The summed E-state index contributed by atoms with van der Waals surface area (Å²) in [6, 6.07) is 75.3. The predicted molar refractivity (Wildman–Crippen MR) is 248 cm³/mol. The molecule has 0 aliphatic carbocycles. The molecule has 0 amide bonds. The fourth-order valence-electron chi connectivity index (χ4n) is 8.03. The third-order valence-electron chi connectivity index (χ3n) is 11.1. The molecule has 0 spiro atoms. The zero-order valence-electron chi connectivity index (χ0n) is 33.0. The van der Waals surface area contributed by atoms with E-state index in [0.717, 1.165) is 94.8 Å². The number of hydrogen-bond donors (Lipinski definition) is 0. The molecule has 3 heterocycles. The Balaban J connectivity index is 0.933. The molecule has 0 saturated carbocycles. The lowest BCUT2D eigenvalue weighted by Gasteiger charge is -2.12. The Morgan fingerprint density at radius 2 is 0.689 bits per heavy atom. The first kappa shape index (κ1) is 35.8. The second-order valence-corrected chi connectivity index (χ2v) is 15.1. The largest absolute Gasteiger partial charge is 0.452 e. The van der Waals surface area contributed by atoms with E-state index < -0.39 is 0 Å². The van der Waals surface area contributed by atoms with Crippen LogP contribution in [0.2, 0.25) is 0 Å². The normalized spacial score (nSPS) is 11.3. The van der Waals surface area contributed by atoms with Crippen molar-refractivity contribution in [3.8, 4) is 89.9 Å². The van der Waals surface area contributed by atoms with Gasteiger partial charge in [-0.1, -0.05) is 176 Å². The highest BCUT2D eigenvalue weighted by atomic mass is 16.3. The van der Waals surface area contributed by atoms with Crippen molar-refractivity contribution in [3.63, 3.8) is 0 Å². The SMILES string of the molecule is c1ccc(-c2cc(-c3cccc(-c4cccc(-c5cccc(-c6cccc(-c7nc(-c8ccccc8)c8oc9ccccc9c8n7)c6)c5)c4)c3)nc(-c3ccccc3)n2)cc1. The van der Waals surface area contributed by atoms with Crippen molar-refractivity contribution in [2.24, 2.45) is 0 Å². The molecular weight excluding hydrogens is 745 g/mol. The lowest BCUT2D eigenvalue weighted by Crippen LogP contribution is -1.96. The second kappa shape index (κ2) is 15.5. The van der Waals surface area contributed by atoms with Gasteiger partial charge in [-0.3, -0.25) is 0 Å². The van der Waals surface area contributed by atoms with Gasteiger partial charge in [0.2, 0.25) is 0 Å². The molecule has 0 radical (unpaired) electrons. The summed E-state index contributed by atoms with van der Waals surface area (Å²) in [6.07, 6.45) is 0. The number of nitrogens with zero attached hydrogens (tertiary/aromatic N) is 4. The van der Waals surface area contributed by atoms with Crippen LogP contribution in [0.3, 0.4) is 0 Å². The summed E-state index contributed by atoms with van der Waals surface area (Å²) in [4.78, 5) is 20.3. The molecule has 0 atom stereocenters. The zero-order valence-corrected chi connectivity index (χ0v) is 33.0. The van der Waals surface area contributed by atoms with Gasteiger partial charge >= 0.3 is 0 Å². The minimum atomic E-state index is 0.653. The monoisotopic (exact) mass is 780 g/mol. The molecule has 61 heavy (non-hydrogen) atoms. The van der Waals surface area contributed by atoms with E-state index in [1.807, 2.05) is 72.8 Å². The van der Waals surface area contributed by atoms with E-state index in [0.29, 0.717) is 17.2 Å². The van der Waals surface area contributed by atoms with Gasteiger partial charge in [0.05, 0.1) is 11.4 Å². The molecule has 0 fully saturated rings. The highest BCUT2D eigenvalue weighted by Gasteiger charge is 2.18. The van der Waals surface area contributed by atoms with Gasteiger partial charge in [0.15, 0.2) is 17.2 Å². The van der Waals surface area contributed by atoms with E-state index in [4.69, 9.17) is 24.4 Å². The Morgan fingerprint density at radius 3 is 1.28 bits per heavy atom. The Kier molecular flexibility index (Phi) is 9.10. The molecule has 5 nitrogen and oxygen atoms in total. The summed E-state index contributed by atoms with van der Waals surface area (Å²) in [5.74, 6) is 1.35. The van der Waals surface area contributed by atoms with Crippen LogP contribution in [0, 0.1) is 0 Å². The van der Waals surface area contributed by atoms with Crippen molar-refractivity contribution in [2.45, 2.75) is 0 Å². The lowest BCUT2D eigenvalue weighted by molar-refractivity contribution is 0.667. The van der Waals surface area contributed by atoms with Crippen LogP contribution in [-0.2, 0) is 0 Å². The van der Waals surface area contributed by atoms with E-state index >= 15 is 0 Å². The van der Waals surface area contributed by atoms with Crippen molar-refractivity contribution < 1.29 is 4.42 Å². The molecule has 8 aromatic carbocycles. The molecule has 11 aromatic rings. The second-order valence-electron chi connectivity index (χ2n) is 15.1. The van der Waals surface area contributed by atoms with E-state index in [1.54, 1.807) is 0 Å². The molecule has 0 aliphatic rings. The first-order valence-corrected chi connectivity index (χ1v) is 20.4.